The van der Waals surface area contributed by atoms with Gasteiger partial charge in [-0.3, -0.25) is 4.79 Å². The summed E-state index contributed by atoms with van der Waals surface area (Å²) >= 11 is 0. The van der Waals surface area contributed by atoms with Gasteiger partial charge < -0.3 is 19.9 Å². The zero-order chi connectivity index (χ0) is 21.5. The van der Waals surface area contributed by atoms with Gasteiger partial charge in [0.05, 0.1) is 18.1 Å². The number of rotatable bonds is 6. The van der Waals surface area contributed by atoms with Gasteiger partial charge >= 0.3 is 0 Å². The van der Waals surface area contributed by atoms with Crippen molar-refractivity contribution in [2.75, 3.05) is 23.3 Å². The SMILES string of the molecule is O=C(Nc1cc(F)c2nc(C(F)F)cn2c1)c1cnc(N2CCC(NC3CC3)C2)cn1. The van der Waals surface area contributed by atoms with E-state index >= 15 is 0 Å². The van der Waals surface area contributed by atoms with Gasteiger partial charge in [-0.25, -0.2) is 28.1 Å². The van der Waals surface area contributed by atoms with Crippen molar-refractivity contribution in [2.24, 2.45) is 0 Å². The van der Waals surface area contributed by atoms with E-state index in [4.69, 9.17) is 0 Å². The second-order valence-electron chi connectivity index (χ2n) is 7.86. The Kier molecular flexibility index (Phi) is 4.97. The molecule has 1 saturated heterocycles. The lowest BCUT2D eigenvalue weighted by Gasteiger charge is -2.17. The molecule has 162 valence electrons. The fourth-order valence-corrected chi connectivity index (χ4v) is 3.73. The largest absolute Gasteiger partial charge is 0.354 e. The second kappa shape index (κ2) is 7.80. The number of pyridine rings is 1. The van der Waals surface area contributed by atoms with Crippen molar-refractivity contribution in [2.45, 2.75) is 37.8 Å². The average molecular weight is 431 g/mol. The van der Waals surface area contributed by atoms with Crippen LogP contribution in [0.15, 0.2) is 30.9 Å². The maximum atomic E-state index is 14.2. The van der Waals surface area contributed by atoms with Gasteiger partial charge in [-0.05, 0) is 19.3 Å². The molecule has 0 radical (unpaired) electrons. The van der Waals surface area contributed by atoms with E-state index in [1.807, 2.05) is 0 Å². The fraction of sp³-hybridized carbons (Fsp3) is 0.400. The minimum absolute atomic E-state index is 0.0648. The van der Waals surface area contributed by atoms with E-state index in [2.05, 4.69) is 30.5 Å². The molecule has 2 fully saturated rings. The van der Waals surface area contributed by atoms with Crippen LogP contribution >= 0.6 is 0 Å². The number of imidazole rings is 1. The molecular weight excluding hydrogens is 411 g/mol. The lowest BCUT2D eigenvalue weighted by atomic mass is 10.2. The van der Waals surface area contributed by atoms with Crippen LogP contribution in [-0.2, 0) is 0 Å². The number of nitrogens with one attached hydrogen (secondary N) is 2. The van der Waals surface area contributed by atoms with Crippen molar-refractivity contribution in [3.63, 3.8) is 0 Å². The fourth-order valence-electron chi connectivity index (χ4n) is 3.73. The van der Waals surface area contributed by atoms with Crippen LogP contribution in [0.1, 0.15) is 41.9 Å². The Hall–Kier alpha value is -3.21. The topological polar surface area (TPSA) is 87.5 Å². The molecule has 0 aromatic carbocycles. The van der Waals surface area contributed by atoms with E-state index in [0.29, 0.717) is 17.9 Å². The third kappa shape index (κ3) is 4.18. The molecule has 11 heteroatoms. The highest BCUT2D eigenvalue weighted by atomic mass is 19.3. The van der Waals surface area contributed by atoms with Gasteiger partial charge in [0, 0.05) is 43.6 Å². The average Bonchev–Trinajstić information content (AvgIpc) is 3.24. The summed E-state index contributed by atoms with van der Waals surface area (Å²) in [7, 11) is 0. The van der Waals surface area contributed by atoms with Crippen LogP contribution < -0.4 is 15.5 Å². The van der Waals surface area contributed by atoms with Gasteiger partial charge in [-0.1, -0.05) is 0 Å². The van der Waals surface area contributed by atoms with Gasteiger partial charge in [0.2, 0.25) is 0 Å². The number of hydrogen-bond donors (Lipinski definition) is 2. The van der Waals surface area contributed by atoms with Crippen molar-refractivity contribution in [3.8, 4) is 0 Å². The van der Waals surface area contributed by atoms with Crippen LogP contribution in [0, 0.1) is 5.82 Å². The second-order valence-corrected chi connectivity index (χ2v) is 7.86. The summed E-state index contributed by atoms with van der Waals surface area (Å²) in [6.07, 6.45) is 5.95. The summed E-state index contributed by atoms with van der Waals surface area (Å²) < 4.78 is 40.9. The predicted molar refractivity (Wildman–Crippen MR) is 107 cm³/mol. The molecule has 0 spiro atoms. The number of aromatic nitrogens is 4. The first-order chi connectivity index (χ1) is 15.0. The van der Waals surface area contributed by atoms with Gasteiger partial charge in [0.1, 0.15) is 17.2 Å². The van der Waals surface area contributed by atoms with E-state index in [9.17, 15) is 18.0 Å². The zero-order valence-corrected chi connectivity index (χ0v) is 16.4. The minimum Gasteiger partial charge on any atom is -0.354 e. The van der Waals surface area contributed by atoms with Crippen molar-refractivity contribution < 1.29 is 18.0 Å². The maximum absolute atomic E-state index is 14.2. The first-order valence-electron chi connectivity index (χ1n) is 10.1. The molecule has 5 rings (SSSR count). The number of halogens is 3. The maximum Gasteiger partial charge on any atom is 0.281 e. The number of nitrogens with zero attached hydrogens (tertiary/aromatic N) is 5. The lowest BCUT2D eigenvalue weighted by molar-refractivity contribution is 0.102. The third-order valence-corrected chi connectivity index (χ3v) is 5.44. The molecule has 4 heterocycles. The first-order valence-corrected chi connectivity index (χ1v) is 10.1. The number of carbonyl (C=O) groups is 1. The highest BCUT2D eigenvalue weighted by Gasteiger charge is 2.29. The van der Waals surface area contributed by atoms with E-state index in [1.165, 1.54) is 25.2 Å². The van der Waals surface area contributed by atoms with Crippen LogP contribution in [0.2, 0.25) is 0 Å². The number of hydrogen-bond acceptors (Lipinski definition) is 6. The molecule has 3 aromatic heterocycles. The highest BCUT2D eigenvalue weighted by Crippen LogP contribution is 2.24. The van der Waals surface area contributed by atoms with E-state index in [0.717, 1.165) is 36.2 Å². The Labute approximate surface area is 175 Å². The van der Waals surface area contributed by atoms with Crippen LogP contribution in [0.4, 0.5) is 24.7 Å². The minimum atomic E-state index is -2.82. The summed E-state index contributed by atoms with van der Waals surface area (Å²) in [6.45, 7) is 1.72. The molecule has 1 saturated carbocycles. The van der Waals surface area contributed by atoms with Crippen molar-refractivity contribution in [3.05, 3.63) is 48.1 Å². The molecule has 2 aliphatic rings. The van der Waals surface area contributed by atoms with Crippen LogP contribution in [0.25, 0.3) is 5.65 Å². The third-order valence-electron chi connectivity index (χ3n) is 5.44. The number of amides is 1. The normalized spacial score (nSPS) is 18.8. The summed E-state index contributed by atoms with van der Waals surface area (Å²) in [4.78, 5) is 26.7. The quantitative estimate of drug-likeness (QED) is 0.624. The molecule has 1 atom stereocenters. The number of carbonyl (C=O) groups excluding carboxylic acids is 1. The Morgan fingerprint density at radius 3 is 2.68 bits per heavy atom. The summed E-state index contributed by atoms with van der Waals surface area (Å²) in [5.41, 5.74) is -0.625. The Balaban J connectivity index is 1.26. The van der Waals surface area contributed by atoms with Crippen LogP contribution in [0.3, 0.4) is 0 Å². The highest BCUT2D eigenvalue weighted by molar-refractivity contribution is 6.02. The van der Waals surface area contributed by atoms with Gasteiger partial charge in [-0.15, -0.1) is 0 Å². The Bertz CT molecular complexity index is 1110. The van der Waals surface area contributed by atoms with Crippen LogP contribution in [-0.4, -0.2) is 50.4 Å². The van der Waals surface area contributed by atoms with Crippen molar-refractivity contribution in [1.29, 1.82) is 0 Å². The van der Waals surface area contributed by atoms with Gasteiger partial charge in [0.15, 0.2) is 11.5 Å². The van der Waals surface area contributed by atoms with E-state index in [1.54, 1.807) is 6.20 Å². The number of alkyl halides is 2. The molecule has 1 amide bonds. The summed E-state index contributed by atoms with van der Waals surface area (Å²) in [6, 6.07) is 2.11. The Morgan fingerprint density at radius 1 is 1.13 bits per heavy atom. The van der Waals surface area contributed by atoms with Crippen LogP contribution in [0.5, 0.6) is 0 Å². The predicted octanol–water partition coefficient (Wildman–Crippen LogP) is 2.78. The lowest BCUT2D eigenvalue weighted by Crippen LogP contribution is -2.34. The molecule has 2 N–H and O–H groups in total. The van der Waals surface area contributed by atoms with Gasteiger partial charge in [-0.2, -0.15) is 0 Å². The van der Waals surface area contributed by atoms with E-state index < -0.39 is 23.8 Å². The molecule has 31 heavy (non-hydrogen) atoms. The molecule has 3 aromatic rings. The molecule has 1 unspecified atom stereocenters. The first kappa shape index (κ1) is 19.7. The Morgan fingerprint density at radius 2 is 1.97 bits per heavy atom. The summed E-state index contributed by atoms with van der Waals surface area (Å²) in [5.74, 6) is -0.710. The summed E-state index contributed by atoms with van der Waals surface area (Å²) in [5, 5.41) is 6.11. The van der Waals surface area contributed by atoms with Gasteiger partial charge in [0.25, 0.3) is 12.3 Å². The monoisotopic (exact) mass is 431 g/mol. The molecule has 8 nitrogen and oxygen atoms in total. The van der Waals surface area contributed by atoms with Crippen molar-refractivity contribution in [1.82, 2.24) is 24.7 Å². The van der Waals surface area contributed by atoms with E-state index in [-0.39, 0.29) is 17.0 Å². The number of anilines is 2. The molecule has 0 bridgehead atoms. The smallest absolute Gasteiger partial charge is 0.281 e. The molecule has 1 aliphatic heterocycles. The molecule has 1 aliphatic carbocycles. The standard InChI is InChI=1S/C20H20F3N7O/c21-14-5-13(9-30-10-16(18(22)23)28-19(14)30)27-20(31)15-6-25-17(7-24-15)29-4-3-12(8-29)26-11-1-2-11/h5-7,9-12,18,26H,1-4,8H2,(H,27,31). The number of fused-ring (bicyclic) bond motifs is 1. The van der Waals surface area contributed by atoms with Crippen molar-refractivity contribution >= 4 is 23.1 Å². The zero-order valence-electron chi connectivity index (χ0n) is 16.4. The molecular formula is C20H20F3N7O.